The molecule has 140 valence electrons. The summed E-state index contributed by atoms with van der Waals surface area (Å²) >= 11 is 0. The molecule has 1 amide bonds. The fraction of sp³-hybridized carbons (Fsp3) is 0.533. The van der Waals surface area contributed by atoms with Crippen molar-refractivity contribution in [3.8, 4) is 0 Å². The lowest BCUT2D eigenvalue weighted by Crippen LogP contribution is -2.55. The van der Waals surface area contributed by atoms with Crippen LogP contribution in [0.2, 0.25) is 0 Å². The van der Waals surface area contributed by atoms with Gasteiger partial charge in [-0.15, -0.1) is 0 Å². The first-order chi connectivity index (χ1) is 11.6. The zero-order valence-corrected chi connectivity index (χ0v) is 15.2. The highest BCUT2D eigenvalue weighted by molar-refractivity contribution is 7.86. The van der Waals surface area contributed by atoms with E-state index in [1.807, 2.05) is 4.90 Å². The number of carbonyl (C=O) groups excluding carboxylic acids is 1. The quantitative estimate of drug-likeness (QED) is 0.822. The number of rotatable bonds is 5. The number of nitrogens with zero attached hydrogens (tertiary/aromatic N) is 3. The van der Waals surface area contributed by atoms with Gasteiger partial charge in [-0.2, -0.15) is 17.0 Å². The average molecular weight is 376 g/mol. The normalized spacial score (nSPS) is 18.3. The fourth-order valence-corrected chi connectivity index (χ4v) is 3.63. The molecule has 0 saturated carbocycles. The molecule has 1 heterocycles. The van der Waals surface area contributed by atoms with Gasteiger partial charge in [0, 0.05) is 52.0 Å². The second kappa shape index (κ2) is 7.73. The Morgan fingerprint density at radius 3 is 2.28 bits per heavy atom. The third kappa shape index (κ3) is 4.51. The van der Waals surface area contributed by atoms with Gasteiger partial charge in [0.05, 0.1) is 6.04 Å². The van der Waals surface area contributed by atoms with E-state index < -0.39 is 27.9 Å². The van der Waals surface area contributed by atoms with E-state index in [1.54, 1.807) is 6.92 Å². The van der Waals surface area contributed by atoms with Crippen LogP contribution in [0.15, 0.2) is 18.2 Å². The smallest absolute Gasteiger partial charge is 0.281 e. The highest BCUT2D eigenvalue weighted by Gasteiger charge is 2.31. The Kier molecular flexibility index (Phi) is 6.09. The molecular weight excluding hydrogens is 354 g/mol. The Hall–Kier alpha value is -1.62. The van der Waals surface area contributed by atoms with Crippen LogP contribution in [0.5, 0.6) is 0 Å². The molecule has 0 spiro atoms. The van der Waals surface area contributed by atoms with Crippen LogP contribution in [-0.2, 0) is 15.0 Å². The Morgan fingerprint density at radius 2 is 1.76 bits per heavy atom. The first-order valence-corrected chi connectivity index (χ1v) is 9.20. The molecule has 0 aromatic heterocycles. The van der Waals surface area contributed by atoms with Crippen molar-refractivity contribution in [3.63, 3.8) is 0 Å². The molecule has 10 heteroatoms. The van der Waals surface area contributed by atoms with E-state index in [-0.39, 0.29) is 24.7 Å². The van der Waals surface area contributed by atoms with Gasteiger partial charge in [-0.25, -0.2) is 8.78 Å². The van der Waals surface area contributed by atoms with Crippen molar-refractivity contribution in [2.24, 2.45) is 0 Å². The molecule has 1 aromatic rings. The SMILES string of the molecule is CC(C(=O)Nc1ccc(F)c(F)c1)N1CCN(S(=O)(=O)N(C)C)CC1. The lowest BCUT2D eigenvalue weighted by atomic mass is 10.2. The van der Waals surface area contributed by atoms with Gasteiger partial charge in [0.2, 0.25) is 5.91 Å². The Labute approximate surface area is 146 Å². The molecule has 1 saturated heterocycles. The highest BCUT2D eigenvalue weighted by Crippen LogP contribution is 2.16. The zero-order valence-electron chi connectivity index (χ0n) is 14.4. The third-order valence-electron chi connectivity index (χ3n) is 4.18. The second-order valence-corrected chi connectivity index (χ2v) is 8.16. The van der Waals surface area contributed by atoms with E-state index in [4.69, 9.17) is 0 Å². The molecule has 1 N–H and O–H groups in total. The molecule has 2 rings (SSSR count). The number of benzene rings is 1. The van der Waals surface area contributed by atoms with E-state index in [1.165, 1.54) is 24.5 Å². The number of piperazine rings is 1. The topological polar surface area (TPSA) is 73.0 Å². The number of amides is 1. The summed E-state index contributed by atoms with van der Waals surface area (Å²) in [5, 5.41) is 2.54. The van der Waals surface area contributed by atoms with Crippen LogP contribution in [0.4, 0.5) is 14.5 Å². The monoisotopic (exact) mass is 376 g/mol. The molecular formula is C15H22F2N4O3S. The van der Waals surface area contributed by atoms with Crippen LogP contribution in [0.3, 0.4) is 0 Å². The number of carbonyl (C=O) groups is 1. The predicted molar refractivity (Wildman–Crippen MR) is 90.2 cm³/mol. The lowest BCUT2D eigenvalue weighted by Gasteiger charge is -2.37. The summed E-state index contributed by atoms with van der Waals surface area (Å²) in [7, 11) is -0.521. The third-order valence-corrected chi connectivity index (χ3v) is 6.12. The van der Waals surface area contributed by atoms with Crippen LogP contribution in [-0.4, -0.2) is 74.2 Å². The first kappa shape index (κ1) is 19.7. The maximum absolute atomic E-state index is 13.2. The van der Waals surface area contributed by atoms with Crippen LogP contribution in [0.25, 0.3) is 0 Å². The van der Waals surface area contributed by atoms with Gasteiger partial charge < -0.3 is 5.32 Å². The van der Waals surface area contributed by atoms with Gasteiger partial charge in [0.15, 0.2) is 11.6 Å². The first-order valence-electron chi connectivity index (χ1n) is 7.80. The molecule has 1 aliphatic heterocycles. The predicted octanol–water partition coefficient (Wildman–Crippen LogP) is 0.716. The molecule has 1 aromatic carbocycles. The van der Waals surface area contributed by atoms with Crippen LogP contribution < -0.4 is 5.32 Å². The summed E-state index contributed by atoms with van der Waals surface area (Å²) in [6.07, 6.45) is 0. The fourth-order valence-electron chi connectivity index (χ4n) is 2.54. The van der Waals surface area contributed by atoms with Crippen LogP contribution in [0, 0.1) is 11.6 Å². The summed E-state index contributed by atoms with van der Waals surface area (Å²) < 4.78 is 52.8. The standard InChI is InChI=1S/C15H22F2N4O3S/c1-11(15(22)18-12-4-5-13(16)14(17)10-12)20-6-8-21(9-7-20)25(23,24)19(2)3/h4-5,10-11H,6-9H2,1-3H3,(H,18,22). The van der Waals surface area contributed by atoms with E-state index >= 15 is 0 Å². The maximum Gasteiger partial charge on any atom is 0.281 e. The van der Waals surface area contributed by atoms with Gasteiger partial charge >= 0.3 is 0 Å². The van der Waals surface area contributed by atoms with Crippen molar-refractivity contribution in [2.45, 2.75) is 13.0 Å². The maximum atomic E-state index is 13.2. The molecule has 1 fully saturated rings. The Balaban J connectivity index is 1.94. The molecule has 25 heavy (non-hydrogen) atoms. The van der Waals surface area contributed by atoms with Crippen molar-refractivity contribution >= 4 is 21.8 Å². The van der Waals surface area contributed by atoms with Crippen molar-refractivity contribution in [1.29, 1.82) is 0 Å². The molecule has 1 atom stereocenters. The van der Waals surface area contributed by atoms with Crippen LogP contribution >= 0.6 is 0 Å². The van der Waals surface area contributed by atoms with Crippen molar-refractivity contribution in [3.05, 3.63) is 29.8 Å². The number of hydrogen-bond donors (Lipinski definition) is 1. The van der Waals surface area contributed by atoms with E-state index in [2.05, 4.69) is 5.32 Å². The minimum atomic E-state index is -3.46. The largest absolute Gasteiger partial charge is 0.325 e. The van der Waals surface area contributed by atoms with Gasteiger partial charge in [-0.05, 0) is 19.1 Å². The zero-order chi connectivity index (χ0) is 18.8. The minimum Gasteiger partial charge on any atom is -0.325 e. The number of nitrogens with one attached hydrogen (secondary N) is 1. The van der Waals surface area contributed by atoms with E-state index in [0.717, 1.165) is 16.4 Å². The summed E-state index contributed by atoms with van der Waals surface area (Å²) in [4.78, 5) is 14.1. The summed E-state index contributed by atoms with van der Waals surface area (Å²) in [6.45, 7) is 3.05. The lowest BCUT2D eigenvalue weighted by molar-refractivity contribution is -0.121. The van der Waals surface area contributed by atoms with Gasteiger partial charge in [-0.3, -0.25) is 9.69 Å². The number of anilines is 1. The molecule has 0 radical (unpaired) electrons. The van der Waals surface area contributed by atoms with Crippen LogP contribution in [0.1, 0.15) is 6.92 Å². The van der Waals surface area contributed by atoms with Gasteiger partial charge in [0.25, 0.3) is 10.2 Å². The average Bonchev–Trinajstić information content (AvgIpc) is 2.57. The van der Waals surface area contributed by atoms with Crippen molar-refractivity contribution in [2.75, 3.05) is 45.6 Å². The van der Waals surface area contributed by atoms with Gasteiger partial charge in [0.1, 0.15) is 0 Å². The van der Waals surface area contributed by atoms with Crippen molar-refractivity contribution < 1.29 is 22.0 Å². The molecule has 7 nitrogen and oxygen atoms in total. The Morgan fingerprint density at radius 1 is 1.16 bits per heavy atom. The molecule has 1 unspecified atom stereocenters. The minimum absolute atomic E-state index is 0.171. The highest BCUT2D eigenvalue weighted by atomic mass is 32.2. The van der Waals surface area contributed by atoms with E-state index in [9.17, 15) is 22.0 Å². The molecule has 0 aliphatic carbocycles. The summed E-state index contributed by atoms with van der Waals surface area (Å²) in [6, 6.07) is 2.62. The molecule has 1 aliphatic rings. The Bertz CT molecular complexity index is 734. The number of halogens is 2. The van der Waals surface area contributed by atoms with E-state index in [0.29, 0.717) is 13.1 Å². The summed E-state index contributed by atoms with van der Waals surface area (Å²) in [5.74, 6) is -2.38. The molecule has 0 bridgehead atoms. The van der Waals surface area contributed by atoms with Crippen molar-refractivity contribution in [1.82, 2.24) is 13.5 Å². The summed E-state index contributed by atoms with van der Waals surface area (Å²) in [5.41, 5.74) is 0.171. The number of hydrogen-bond acceptors (Lipinski definition) is 4. The second-order valence-electron chi connectivity index (χ2n) is 6.02. The van der Waals surface area contributed by atoms with Gasteiger partial charge in [-0.1, -0.05) is 0 Å².